The number of hydrogen-bond donors (Lipinski definition) is 1. The lowest BCUT2D eigenvalue weighted by Gasteiger charge is -2.38. The fourth-order valence-electron chi connectivity index (χ4n) is 4.31. The number of methoxy groups -OCH3 is 1. The number of nitrogens with zero attached hydrogens (tertiary/aromatic N) is 1. The lowest BCUT2D eigenvalue weighted by molar-refractivity contribution is 0.0816. The largest absolute Gasteiger partial charge is 0.453 e. The minimum absolute atomic E-state index is 0.0294. The van der Waals surface area contributed by atoms with Crippen molar-refractivity contribution in [3.63, 3.8) is 0 Å². The Kier molecular flexibility index (Phi) is 6.40. The second-order valence-electron chi connectivity index (χ2n) is 10.8. The van der Waals surface area contributed by atoms with Crippen molar-refractivity contribution in [1.82, 2.24) is 10.1 Å². The van der Waals surface area contributed by atoms with Gasteiger partial charge < -0.3 is 14.2 Å². The van der Waals surface area contributed by atoms with Crippen LogP contribution >= 0.6 is 0 Å². The molecule has 31 heavy (non-hydrogen) atoms. The Morgan fingerprint density at radius 3 is 2.19 bits per heavy atom. The van der Waals surface area contributed by atoms with E-state index in [1.165, 1.54) is 29.9 Å². The first-order valence-electron chi connectivity index (χ1n) is 11.1. The van der Waals surface area contributed by atoms with Gasteiger partial charge in [0.2, 0.25) is 0 Å². The number of likely N-dealkylation sites (tertiary alicyclic amines) is 1. The molecule has 6 heteroatoms. The van der Waals surface area contributed by atoms with E-state index in [1.54, 1.807) is 0 Å². The van der Waals surface area contributed by atoms with Crippen LogP contribution in [0.5, 0.6) is 0 Å². The van der Waals surface area contributed by atoms with E-state index in [1.807, 2.05) is 4.90 Å². The van der Waals surface area contributed by atoms with E-state index in [2.05, 4.69) is 64.9 Å². The van der Waals surface area contributed by atoms with Gasteiger partial charge in [0.15, 0.2) is 0 Å². The van der Waals surface area contributed by atoms with Crippen LogP contribution in [0.15, 0.2) is 33.6 Å². The number of carbonyl (C=O) groups is 1. The molecule has 0 bridgehead atoms. The molecule has 2 aromatic rings. The van der Waals surface area contributed by atoms with Crippen LogP contribution in [-0.4, -0.2) is 35.8 Å². The van der Waals surface area contributed by atoms with Gasteiger partial charge in [-0.25, -0.2) is 4.79 Å². The van der Waals surface area contributed by atoms with Gasteiger partial charge in [-0.3, -0.25) is 4.79 Å². The summed E-state index contributed by atoms with van der Waals surface area (Å²) in [5.41, 5.74) is 3.64. The van der Waals surface area contributed by atoms with E-state index in [4.69, 9.17) is 9.26 Å². The summed E-state index contributed by atoms with van der Waals surface area (Å²) in [4.78, 5) is 25.9. The zero-order chi connectivity index (χ0) is 23.0. The van der Waals surface area contributed by atoms with Crippen LogP contribution in [0.4, 0.5) is 4.79 Å². The molecular formula is C25H36N2O4. The van der Waals surface area contributed by atoms with Gasteiger partial charge in [-0.05, 0) is 46.8 Å². The maximum atomic E-state index is 12.5. The lowest BCUT2D eigenvalue weighted by atomic mass is 9.78. The van der Waals surface area contributed by atoms with Crippen molar-refractivity contribution >= 4 is 6.09 Å². The monoisotopic (exact) mass is 428 g/mol. The minimum Gasteiger partial charge on any atom is -0.453 e. The van der Waals surface area contributed by atoms with Gasteiger partial charge in [-0.1, -0.05) is 59.7 Å². The third-order valence-corrected chi connectivity index (χ3v) is 6.27. The van der Waals surface area contributed by atoms with Crippen molar-refractivity contribution in [2.45, 2.75) is 83.6 Å². The highest BCUT2D eigenvalue weighted by atomic mass is 16.5. The molecule has 1 amide bonds. The van der Waals surface area contributed by atoms with Crippen LogP contribution in [0.3, 0.4) is 0 Å². The van der Waals surface area contributed by atoms with Gasteiger partial charge in [-0.2, -0.15) is 5.16 Å². The second-order valence-corrected chi connectivity index (χ2v) is 10.8. The van der Waals surface area contributed by atoms with Crippen molar-refractivity contribution in [2.24, 2.45) is 0 Å². The molecule has 1 N–H and O–H groups in total. The highest BCUT2D eigenvalue weighted by Crippen LogP contribution is 2.35. The van der Waals surface area contributed by atoms with Crippen LogP contribution in [0, 0.1) is 0 Å². The number of nitrogens with one attached hydrogen (secondary N) is 1. The number of aromatic nitrogens is 1. The molecule has 6 nitrogen and oxygen atoms in total. The molecule has 1 fully saturated rings. The summed E-state index contributed by atoms with van der Waals surface area (Å²) in [5, 5.41) is 2.39. The molecule has 0 radical (unpaired) electrons. The van der Waals surface area contributed by atoms with Gasteiger partial charge in [0, 0.05) is 24.6 Å². The Balaban J connectivity index is 1.95. The highest BCUT2D eigenvalue weighted by Gasteiger charge is 2.35. The van der Waals surface area contributed by atoms with Crippen molar-refractivity contribution in [1.29, 1.82) is 0 Å². The van der Waals surface area contributed by atoms with E-state index in [9.17, 15) is 9.59 Å². The molecule has 0 spiro atoms. The fourth-order valence-corrected chi connectivity index (χ4v) is 4.31. The maximum absolute atomic E-state index is 12.5. The number of ether oxygens (including phenoxy) is 1. The molecule has 1 aliphatic rings. The smallest absolute Gasteiger partial charge is 0.409 e. The molecule has 1 aromatic heterocycles. The first-order chi connectivity index (χ1) is 14.4. The van der Waals surface area contributed by atoms with Crippen LogP contribution in [-0.2, 0) is 22.0 Å². The summed E-state index contributed by atoms with van der Waals surface area (Å²) >= 11 is 0. The zero-order valence-electron chi connectivity index (χ0n) is 19.9. The second kappa shape index (κ2) is 8.56. The van der Waals surface area contributed by atoms with Crippen LogP contribution < -0.4 is 5.56 Å². The highest BCUT2D eigenvalue weighted by molar-refractivity contribution is 5.68. The van der Waals surface area contributed by atoms with Crippen LogP contribution in [0.25, 0.3) is 0 Å². The average molecular weight is 429 g/mol. The van der Waals surface area contributed by atoms with Crippen molar-refractivity contribution in [2.75, 3.05) is 13.7 Å². The summed E-state index contributed by atoms with van der Waals surface area (Å²) in [7, 11) is 1.43. The van der Waals surface area contributed by atoms with E-state index in [-0.39, 0.29) is 34.4 Å². The summed E-state index contributed by atoms with van der Waals surface area (Å²) in [6, 6.07) is 8.33. The average Bonchev–Trinajstić information content (AvgIpc) is 3.12. The Hall–Kier alpha value is -2.50. The summed E-state index contributed by atoms with van der Waals surface area (Å²) in [6.07, 6.45) is 1.89. The van der Waals surface area contributed by atoms with E-state index in [0.717, 1.165) is 19.3 Å². The Bertz CT molecular complexity index is 942. The molecule has 170 valence electrons. The lowest BCUT2D eigenvalue weighted by Crippen LogP contribution is -2.46. The molecule has 2 atom stereocenters. The van der Waals surface area contributed by atoms with E-state index >= 15 is 0 Å². The number of piperidine rings is 1. The molecule has 0 saturated carbocycles. The van der Waals surface area contributed by atoms with Gasteiger partial charge in [0.1, 0.15) is 5.76 Å². The molecule has 3 rings (SSSR count). The quantitative estimate of drug-likeness (QED) is 0.736. The predicted molar refractivity (Wildman–Crippen MR) is 122 cm³/mol. The van der Waals surface area contributed by atoms with Gasteiger partial charge in [0.05, 0.1) is 7.11 Å². The predicted octanol–water partition coefficient (Wildman–Crippen LogP) is 5.12. The zero-order valence-corrected chi connectivity index (χ0v) is 19.9. The van der Waals surface area contributed by atoms with Crippen LogP contribution in [0.1, 0.15) is 82.8 Å². The van der Waals surface area contributed by atoms with Crippen molar-refractivity contribution in [3.05, 3.63) is 57.1 Å². The summed E-state index contributed by atoms with van der Waals surface area (Å²) in [6.45, 7) is 13.9. The molecule has 2 heterocycles. The summed E-state index contributed by atoms with van der Waals surface area (Å²) in [5.74, 6) is 0.760. The number of amides is 1. The molecular weight excluding hydrogens is 392 g/mol. The Morgan fingerprint density at radius 1 is 1.10 bits per heavy atom. The SMILES string of the molecule is COC(=O)N1CC[C@@H](c2cc(=O)[nH]o2)C[C@@H]1Cc1cc(C(C)(C)C)cc(C(C)(C)C)c1. The number of benzene rings is 1. The number of rotatable bonds is 3. The molecule has 0 unspecified atom stereocenters. The first-order valence-corrected chi connectivity index (χ1v) is 11.1. The number of carbonyl (C=O) groups excluding carboxylic acids is 1. The topological polar surface area (TPSA) is 75.5 Å². The number of aromatic amines is 1. The fraction of sp³-hybridized carbons (Fsp3) is 0.600. The minimum atomic E-state index is -0.304. The molecule has 1 aromatic carbocycles. The van der Waals surface area contributed by atoms with Gasteiger partial charge in [-0.15, -0.1) is 0 Å². The summed E-state index contributed by atoms with van der Waals surface area (Å²) < 4.78 is 10.4. The van der Waals surface area contributed by atoms with E-state index in [0.29, 0.717) is 12.3 Å². The van der Waals surface area contributed by atoms with Crippen molar-refractivity contribution in [3.8, 4) is 0 Å². The molecule has 0 aliphatic carbocycles. The van der Waals surface area contributed by atoms with Gasteiger partial charge >= 0.3 is 6.09 Å². The Labute approximate surface area is 184 Å². The number of H-pyrrole nitrogens is 1. The van der Waals surface area contributed by atoms with Gasteiger partial charge in [0.25, 0.3) is 5.56 Å². The first kappa shape index (κ1) is 23.2. The standard InChI is InChI=1S/C25H36N2O4/c1-24(2,3)18-10-16(11-19(14-18)25(4,5)6)12-20-13-17(21-15-22(28)26-31-21)8-9-27(20)23(29)30-7/h10-11,14-15,17,20H,8-9,12-13H2,1-7H3,(H,26,28)/t17-,20+/m1/s1. The maximum Gasteiger partial charge on any atom is 0.409 e. The third kappa shape index (κ3) is 5.41. The van der Waals surface area contributed by atoms with E-state index < -0.39 is 0 Å². The molecule has 1 aliphatic heterocycles. The van der Waals surface area contributed by atoms with Crippen molar-refractivity contribution < 1.29 is 14.1 Å². The normalized spacial score (nSPS) is 20.0. The number of hydrogen-bond acceptors (Lipinski definition) is 4. The third-order valence-electron chi connectivity index (χ3n) is 6.27. The van der Waals surface area contributed by atoms with Crippen LogP contribution in [0.2, 0.25) is 0 Å². The Morgan fingerprint density at radius 2 is 1.71 bits per heavy atom. The molecule has 1 saturated heterocycles.